The molecule has 2 N–H and O–H groups in total. The number of fused-ring (bicyclic) bond motifs is 1. The van der Waals surface area contributed by atoms with E-state index in [-0.39, 0.29) is 17.6 Å². The lowest BCUT2D eigenvalue weighted by Crippen LogP contribution is -2.14. The topological polar surface area (TPSA) is 92.3 Å². The molecule has 0 saturated heterocycles. The van der Waals surface area contributed by atoms with E-state index in [1.165, 1.54) is 0 Å². The zero-order chi connectivity index (χ0) is 17.3. The minimum atomic E-state index is -3.11. The molecule has 0 radical (unpaired) electrons. The van der Waals surface area contributed by atoms with E-state index in [1.807, 2.05) is 0 Å². The third kappa shape index (κ3) is 3.62. The van der Waals surface area contributed by atoms with Crippen LogP contribution in [0.15, 0.2) is 42.5 Å². The lowest BCUT2D eigenvalue weighted by atomic mass is 10.1. The summed E-state index contributed by atoms with van der Waals surface area (Å²) in [5.74, 6) is -0.528. The van der Waals surface area contributed by atoms with E-state index in [4.69, 9.17) is 0 Å². The first-order valence-electron chi connectivity index (χ1n) is 7.31. The predicted molar refractivity (Wildman–Crippen MR) is 90.6 cm³/mol. The van der Waals surface area contributed by atoms with E-state index >= 15 is 0 Å². The van der Waals surface area contributed by atoms with Crippen molar-refractivity contribution in [2.24, 2.45) is 0 Å². The van der Waals surface area contributed by atoms with Crippen molar-refractivity contribution in [2.75, 3.05) is 11.6 Å². The molecule has 0 spiro atoms. The molecule has 1 aliphatic heterocycles. The maximum Gasteiger partial charge on any atom is 0.255 e. The number of sulfone groups is 1. The largest absolute Gasteiger partial charge is 0.348 e. The Labute approximate surface area is 139 Å². The van der Waals surface area contributed by atoms with Crippen molar-refractivity contribution in [3.63, 3.8) is 0 Å². The lowest BCUT2D eigenvalue weighted by Gasteiger charge is -2.07. The highest BCUT2D eigenvalue weighted by molar-refractivity contribution is 7.89. The van der Waals surface area contributed by atoms with Crippen LogP contribution in [0.5, 0.6) is 0 Å². The van der Waals surface area contributed by atoms with Gasteiger partial charge in [0.25, 0.3) is 11.8 Å². The van der Waals surface area contributed by atoms with Crippen LogP contribution < -0.4 is 10.6 Å². The first kappa shape index (κ1) is 16.2. The van der Waals surface area contributed by atoms with E-state index in [9.17, 15) is 18.0 Å². The summed E-state index contributed by atoms with van der Waals surface area (Å²) in [6.07, 6.45) is 1.16. The van der Waals surface area contributed by atoms with Gasteiger partial charge in [-0.3, -0.25) is 9.59 Å². The summed E-state index contributed by atoms with van der Waals surface area (Å²) in [4.78, 5) is 23.9. The van der Waals surface area contributed by atoms with Gasteiger partial charge in [0.15, 0.2) is 9.84 Å². The summed E-state index contributed by atoms with van der Waals surface area (Å²) in [7, 11) is -3.11. The molecule has 6 nitrogen and oxygen atoms in total. The van der Waals surface area contributed by atoms with E-state index in [0.717, 1.165) is 11.8 Å². The van der Waals surface area contributed by atoms with Gasteiger partial charge in [0.1, 0.15) is 0 Å². The fourth-order valence-electron chi connectivity index (χ4n) is 2.55. The molecule has 0 saturated carbocycles. The number of carbonyl (C=O) groups is 2. The summed E-state index contributed by atoms with van der Waals surface area (Å²) in [5.41, 5.74) is 3.05. The highest BCUT2D eigenvalue weighted by Gasteiger charge is 2.19. The van der Waals surface area contributed by atoms with Gasteiger partial charge >= 0.3 is 0 Å². The zero-order valence-corrected chi connectivity index (χ0v) is 13.8. The summed E-state index contributed by atoms with van der Waals surface area (Å²) < 4.78 is 22.5. The number of hydrogen-bond donors (Lipinski definition) is 2. The molecule has 0 unspecified atom stereocenters. The van der Waals surface area contributed by atoms with Gasteiger partial charge in [-0.05, 0) is 35.4 Å². The second kappa shape index (κ2) is 6.09. The average molecular weight is 344 g/mol. The van der Waals surface area contributed by atoms with Crippen LogP contribution in [0, 0.1) is 0 Å². The Morgan fingerprint density at radius 2 is 1.88 bits per heavy atom. The van der Waals surface area contributed by atoms with Crippen molar-refractivity contribution in [1.82, 2.24) is 5.32 Å². The van der Waals surface area contributed by atoms with E-state index in [1.54, 1.807) is 42.5 Å². The third-order valence-electron chi connectivity index (χ3n) is 3.70. The number of hydrogen-bond acceptors (Lipinski definition) is 4. The van der Waals surface area contributed by atoms with Crippen molar-refractivity contribution in [3.05, 3.63) is 64.7 Å². The van der Waals surface area contributed by atoms with E-state index in [2.05, 4.69) is 10.6 Å². The quantitative estimate of drug-likeness (QED) is 0.883. The number of nitrogens with one attached hydrogen (secondary N) is 2. The van der Waals surface area contributed by atoms with E-state index < -0.39 is 9.84 Å². The van der Waals surface area contributed by atoms with Gasteiger partial charge in [-0.1, -0.05) is 18.2 Å². The first-order chi connectivity index (χ1) is 11.3. The minimum absolute atomic E-state index is 0.0607. The van der Waals surface area contributed by atoms with Crippen molar-refractivity contribution in [2.45, 2.75) is 12.3 Å². The zero-order valence-electron chi connectivity index (χ0n) is 13.0. The van der Waals surface area contributed by atoms with Crippen LogP contribution in [0.2, 0.25) is 0 Å². The summed E-state index contributed by atoms with van der Waals surface area (Å²) in [5, 5.41) is 5.46. The van der Waals surface area contributed by atoms with Gasteiger partial charge in [-0.15, -0.1) is 0 Å². The standard InChI is InChI=1S/C17H16N2O4S/c1-24(22,23)10-11-2-4-12(5-3-11)16(20)19-14-7-6-13-9-18-17(21)15(13)8-14/h2-8H,9-10H2,1H3,(H,18,21)(H,19,20). The molecule has 7 heteroatoms. The summed E-state index contributed by atoms with van der Waals surface area (Å²) in [6, 6.07) is 11.6. The Balaban J connectivity index is 1.73. The Morgan fingerprint density at radius 3 is 2.54 bits per heavy atom. The molecule has 0 bridgehead atoms. The highest BCUT2D eigenvalue weighted by atomic mass is 32.2. The molecule has 3 rings (SSSR count). The number of benzene rings is 2. The van der Waals surface area contributed by atoms with Gasteiger partial charge < -0.3 is 10.6 Å². The predicted octanol–water partition coefficient (Wildman–Crippen LogP) is 1.73. The molecule has 24 heavy (non-hydrogen) atoms. The first-order valence-corrected chi connectivity index (χ1v) is 9.37. The molecule has 1 heterocycles. The molecule has 2 amide bonds. The molecule has 0 aliphatic carbocycles. The van der Waals surface area contributed by atoms with Gasteiger partial charge in [0.05, 0.1) is 5.75 Å². The Morgan fingerprint density at radius 1 is 1.17 bits per heavy atom. The van der Waals surface area contributed by atoms with Crippen molar-refractivity contribution in [1.29, 1.82) is 0 Å². The van der Waals surface area contributed by atoms with Crippen LogP contribution in [-0.4, -0.2) is 26.5 Å². The SMILES string of the molecule is CS(=O)(=O)Cc1ccc(C(=O)Nc2ccc3c(c2)C(=O)NC3)cc1. The van der Waals surface area contributed by atoms with Crippen LogP contribution in [-0.2, 0) is 22.1 Å². The Hall–Kier alpha value is -2.67. The lowest BCUT2D eigenvalue weighted by molar-refractivity contribution is 0.0964. The van der Waals surface area contributed by atoms with Crippen molar-refractivity contribution in [3.8, 4) is 0 Å². The van der Waals surface area contributed by atoms with Crippen LogP contribution in [0.1, 0.15) is 31.8 Å². The average Bonchev–Trinajstić information content (AvgIpc) is 2.87. The summed E-state index contributed by atoms with van der Waals surface area (Å²) >= 11 is 0. The third-order valence-corrected chi connectivity index (χ3v) is 4.55. The molecule has 2 aromatic rings. The minimum Gasteiger partial charge on any atom is -0.348 e. The highest BCUT2D eigenvalue weighted by Crippen LogP contribution is 2.20. The van der Waals surface area contributed by atoms with Gasteiger partial charge in [-0.25, -0.2) is 8.42 Å². The van der Waals surface area contributed by atoms with E-state index in [0.29, 0.717) is 28.9 Å². The van der Waals surface area contributed by atoms with Crippen LogP contribution >= 0.6 is 0 Å². The van der Waals surface area contributed by atoms with Gasteiger partial charge in [0, 0.05) is 29.6 Å². The van der Waals surface area contributed by atoms with Crippen LogP contribution in [0.3, 0.4) is 0 Å². The maximum absolute atomic E-state index is 12.3. The Kier molecular flexibility index (Phi) is 4.11. The maximum atomic E-state index is 12.3. The van der Waals surface area contributed by atoms with Gasteiger partial charge in [0.2, 0.25) is 0 Å². The second-order valence-corrected chi connectivity index (χ2v) is 7.92. The molecular weight excluding hydrogens is 328 g/mol. The monoisotopic (exact) mass is 344 g/mol. The molecule has 2 aromatic carbocycles. The number of anilines is 1. The molecule has 1 aliphatic rings. The second-order valence-electron chi connectivity index (χ2n) is 5.78. The Bertz CT molecular complexity index is 918. The smallest absolute Gasteiger partial charge is 0.255 e. The number of rotatable bonds is 4. The summed E-state index contributed by atoms with van der Waals surface area (Å²) in [6.45, 7) is 0.504. The number of amides is 2. The van der Waals surface area contributed by atoms with Crippen LogP contribution in [0.4, 0.5) is 5.69 Å². The van der Waals surface area contributed by atoms with Gasteiger partial charge in [-0.2, -0.15) is 0 Å². The molecule has 124 valence electrons. The fraction of sp³-hybridized carbons (Fsp3) is 0.176. The molecular formula is C17H16N2O4S. The van der Waals surface area contributed by atoms with Crippen molar-refractivity contribution < 1.29 is 18.0 Å². The molecule has 0 atom stereocenters. The van der Waals surface area contributed by atoms with Crippen molar-refractivity contribution >= 4 is 27.3 Å². The number of carbonyl (C=O) groups excluding carboxylic acids is 2. The van der Waals surface area contributed by atoms with Crippen LogP contribution in [0.25, 0.3) is 0 Å². The normalized spacial score (nSPS) is 13.3. The molecule has 0 aromatic heterocycles. The molecule has 0 fully saturated rings. The fourth-order valence-corrected chi connectivity index (χ4v) is 3.35.